The Bertz CT molecular complexity index is 440. The van der Waals surface area contributed by atoms with Crippen LogP contribution >= 0.6 is 0 Å². The second-order valence-electron chi connectivity index (χ2n) is 5.03. The summed E-state index contributed by atoms with van der Waals surface area (Å²) in [5.74, 6) is 0.110. The molecule has 0 bridgehead atoms. The molecule has 0 fully saturated rings. The van der Waals surface area contributed by atoms with Crippen molar-refractivity contribution in [1.82, 2.24) is 5.32 Å². The van der Waals surface area contributed by atoms with Crippen molar-refractivity contribution in [2.24, 2.45) is 0 Å². The van der Waals surface area contributed by atoms with Crippen LogP contribution < -0.4 is 15.5 Å². The first-order valence-electron chi connectivity index (χ1n) is 5.61. The van der Waals surface area contributed by atoms with Gasteiger partial charge in [-0.05, 0) is 44.4 Å². The van der Waals surface area contributed by atoms with E-state index in [4.69, 9.17) is 4.74 Å². The van der Waals surface area contributed by atoms with Gasteiger partial charge in [0.1, 0.15) is 5.75 Å². The highest BCUT2D eigenvalue weighted by atomic mass is 16.5. The molecule has 3 N–H and O–H groups in total. The monoisotopic (exact) mass is 251 g/mol. The SMILES string of the molecule is COc1ccc(C(=O)NC(C)(C)C)c(B(O)O)c1. The largest absolute Gasteiger partial charge is 0.497 e. The summed E-state index contributed by atoms with van der Waals surface area (Å²) < 4.78 is 4.99. The number of methoxy groups -OCH3 is 1. The lowest BCUT2D eigenvalue weighted by atomic mass is 9.76. The first-order valence-corrected chi connectivity index (χ1v) is 5.61. The average Bonchev–Trinajstić information content (AvgIpc) is 2.25. The number of carbonyl (C=O) groups excluding carboxylic acids is 1. The van der Waals surface area contributed by atoms with E-state index in [1.807, 2.05) is 20.8 Å². The van der Waals surface area contributed by atoms with Gasteiger partial charge in [-0.2, -0.15) is 0 Å². The Morgan fingerprint density at radius 3 is 2.39 bits per heavy atom. The molecule has 0 atom stereocenters. The van der Waals surface area contributed by atoms with E-state index in [9.17, 15) is 14.8 Å². The molecular weight excluding hydrogens is 233 g/mol. The van der Waals surface area contributed by atoms with Gasteiger partial charge in [0.05, 0.1) is 7.11 Å². The van der Waals surface area contributed by atoms with Crippen molar-refractivity contribution < 1.29 is 19.6 Å². The van der Waals surface area contributed by atoms with Crippen LogP contribution in [0, 0.1) is 0 Å². The molecule has 18 heavy (non-hydrogen) atoms. The van der Waals surface area contributed by atoms with E-state index in [1.165, 1.54) is 19.2 Å². The predicted molar refractivity (Wildman–Crippen MR) is 70.0 cm³/mol. The van der Waals surface area contributed by atoms with Gasteiger partial charge in [-0.25, -0.2) is 0 Å². The third-order valence-electron chi connectivity index (χ3n) is 2.27. The van der Waals surface area contributed by atoms with E-state index in [2.05, 4.69) is 5.32 Å². The quantitative estimate of drug-likeness (QED) is 0.655. The van der Waals surface area contributed by atoms with Crippen molar-refractivity contribution >= 4 is 18.5 Å². The zero-order valence-electron chi connectivity index (χ0n) is 11.0. The van der Waals surface area contributed by atoms with Gasteiger partial charge >= 0.3 is 7.12 Å². The fraction of sp³-hybridized carbons (Fsp3) is 0.417. The molecule has 6 heteroatoms. The van der Waals surface area contributed by atoms with Crippen LogP contribution in [-0.2, 0) is 0 Å². The van der Waals surface area contributed by atoms with Crippen molar-refractivity contribution in [2.75, 3.05) is 7.11 Å². The molecule has 0 aliphatic carbocycles. The lowest BCUT2D eigenvalue weighted by Crippen LogP contribution is -2.44. The summed E-state index contributed by atoms with van der Waals surface area (Å²) >= 11 is 0. The lowest BCUT2D eigenvalue weighted by molar-refractivity contribution is 0.0920. The zero-order valence-corrected chi connectivity index (χ0v) is 11.0. The predicted octanol–water partition coefficient (Wildman–Crippen LogP) is -0.0967. The normalized spacial score (nSPS) is 11.0. The van der Waals surface area contributed by atoms with Crippen molar-refractivity contribution in [3.05, 3.63) is 23.8 Å². The molecule has 0 aliphatic rings. The van der Waals surface area contributed by atoms with Gasteiger partial charge < -0.3 is 20.1 Å². The van der Waals surface area contributed by atoms with Crippen molar-refractivity contribution in [3.63, 3.8) is 0 Å². The Hall–Kier alpha value is -1.53. The highest BCUT2D eigenvalue weighted by Crippen LogP contribution is 2.11. The Morgan fingerprint density at radius 2 is 1.94 bits per heavy atom. The second kappa shape index (κ2) is 5.41. The van der Waals surface area contributed by atoms with Crippen LogP contribution in [0.2, 0.25) is 0 Å². The summed E-state index contributed by atoms with van der Waals surface area (Å²) in [5, 5.41) is 21.3. The molecule has 0 unspecified atom stereocenters. The third-order valence-corrected chi connectivity index (χ3v) is 2.27. The number of benzene rings is 1. The topological polar surface area (TPSA) is 78.8 Å². The second-order valence-corrected chi connectivity index (χ2v) is 5.03. The molecule has 0 heterocycles. The van der Waals surface area contributed by atoms with Crippen LogP contribution in [-0.4, -0.2) is 35.7 Å². The molecule has 98 valence electrons. The molecule has 0 spiro atoms. The molecule has 5 nitrogen and oxygen atoms in total. The fourth-order valence-electron chi connectivity index (χ4n) is 1.50. The molecule has 0 saturated heterocycles. The van der Waals surface area contributed by atoms with Gasteiger partial charge in [0, 0.05) is 11.1 Å². The number of amides is 1. The Labute approximate surface area is 107 Å². The summed E-state index contributed by atoms with van der Waals surface area (Å²) in [4.78, 5) is 12.0. The average molecular weight is 251 g/mol. The number of hydrogen-bond donors (Lipinski definition) is 3. The van der Waals surface area contributed by atoms with Crippen LogP contribution in [0.3, 0.4) is 0 Å². The minimum atomic E-state index is -1.72. The number of rotatable bonds is 3. The Morgan fingerprint density at radius 1 is 1.33 bits per heavy atom. The summed E-state index contributed by atoms with van der Waals surface area (Å²) in [6.45, 7) is 5.55. The molecule has 0 radical (unpaired) electrons. The maximum atomic E-state index is 12.0. The zero-order chi connectivity index (χ0) is 13.9. The summed E-state index contributed by atoms with van der Waals surface area (Å²) in [6, 6.07) is 4.54. The summed E-state index contributed by atoms with van der Waals surface area (Å²) in [6.07, 6.45) is 0. The van der Waals surface area contributed by atoms with Crippen LogP contribution in [0.4, 0.5) is 0 Å². The van der Waals surface area contributed by atoms with E-state index >= 15 is 0 Å². The van der Waals surface area contributed by atoms with E-state index in [0.717, 1.165) is 0 Å². The highest BCUT2D eigenvalue weighted by molar-refractivity contribution is 6.60. The fourth-order valence-corrected chi connectivity index (χ4v) is 1.50. The van der Waals surface area contributed by atoms with Crippen LogP contribution in [0.25, 0.3) is 0 Å². The van der Waals surface area contributed by atoms with Gasteiger partial charge in [-0.15, -0.1) is 0 Å². The van der Waals surface area contributed by atoms with Crippen molar-refractivity contribution in [1.29, 1.82) is 0 Å². The first kappa shape index (κ1) is 14.5. The first-order chi connectivity index (χ1) is 8.24. The molecule has 0 aliphatic heterocycles. The van der Waals surface area contributed by atoms with Gasteiger partial charge in [-0.1, -0.05) is 0 Å². The van der Waals surface area contributed by atoms with E-state index in [-0.39, 0.29) is 16.9 Å². The molecule has 0 aromatic heterocycles. The van der Waals surface area contributed by atoms with Gasteiger partial charge in [0.15, 0.2) is 0 Å². The smallest absolute Gasteiger partial charge is 0.489 e. The Balaban J connectivity index is 3.12. The van der Waals surface area contributed by atoms with Gasteiger partial charge in [0.25, 0.3) is 5.91 Å². The lowest BCUT2D eigenvalue weighted by Gasteiger charge is -2.21. The van der Waals surface area contributed by atoms with Crippen LogP contribution in [0.1, 0.15) is 31.1 Å². The van der Waals surface area contributed by atoms with E-state index < -0.39 is 12.7 Å². The maximum absolute atomic E-state index is 12.0. The summed E-state index contributed by atoms with van der Waals surface area (Å²) in [5.41, 5.74) is -0.0499. The summed E-state index contributed by atoms with van der Waals surface area (Å²) in [7, 11) is -0.251. The van der Waals surface area contributed by atoms with Crippen molar-refractivity contribution in [3.8, 4) is 5.75 Å². The molecule has 0 saturated carbocycles. The van der Waals surface area contributed by atoms with Gasteiger partial charge in [-0.3, -0.25) is 4.79 Å². The third kappa shape index (κ3) is 3.75. The molecule has 1 amide bonds. The van der Waals surface area contributed by atoms with Crippen LogP contribution in [0.15, 0.2) is 18.2 Å². The standard InChI is InChI=1S/C12H18BNO4/c1-12(2,3)14-11(15)9-6-5-8(18-4)7-10(9)13(16)17/h5-7,16-17H,1-4H3,(H,14,15). The number of carbonyl (C=O) groups is 1. The number of nitrogens with one attached hydrogen (secondary N) is 1. The van der Waals surface area contributed by atoms with Crippen LogP contribution in [0.5, 0.6) is 5.75 Å². The minimum absolute atomic E-state index is 0.121. The minimum Gasteiger partial charge on any atom is -0.497 e. The maximum Gasteiger partial charge on any atom is 0.489 e. The number of ether oxygens (including phenoxy) is 1. The van der Waals surface area contributed by atoms with Crippen molar-refractivity contribution in [2.45, 2.75) is 26.3 Å². The molecule has 1 rings (SSSR count). The molecular formula is C12H18BNO4. The van der Waals surface area contributed by atoms with E-state index in [1.54, 1.807) is 6.07 Å². The highest BCUT2D eigenvalue weighted by Gasteiger charge is 2.23. The van der Waals surface area contributed by atoms with Gasteiger partial charge in [0.2, 0.25) is 0 Å². The number of hydrogen-bond acceptors (Lipinski definition) is 4. The van der Waals surface area contributed by atoms with E-state index in [0.29, 0.717) is 5.75 Å². The Kier molecular flexibility index (Phi) is 4.37. The molecule has 1 aromatic rings. The molecule has 1 aromatic carbocycles.